The Morgan fingerprint density at radius 3 is 2.60 bits per heavy atom. The first kappa shape index (κ1) is 15.8. The van der Waals surface area contributed by atoms with Crippen molar-refractivity contribution in [1.82, 2.24) is 15.1 Å². The van der Waals surface area contributed by atoms with E-state index in [1.807, 2.05) is 4.68 Å². The number of nitrogens with one attached hydrogen (secondary N) is 1. The second kappa shape index (κ2) is 7.43. The monoisotopic (exact) mass is 403 g/mol. The van der Waals surface area contributed by atoms with Gasteiger partial charge in [0.05, 0.1) is 23.0 Å². The van der Waals surface area contributed by atoms with Crippen LogP contribution in [0.25, 0.3) is 0 Å². The molecule has 0 fully saturated rings. The van der Waals surface area contributed by atoms with Crippen molar-refractivity contribution in [3.8, 4) is 0 Å². The van der Waals surface area contributed by atoms with Crippen molar-refractivity contribution < 1.29 is 0 Å². The molecule has 5 heteroatoms. The highest BCUT2D eigenvalue weighted by molar-refractivity contribution is 14.1. The molecular weight excluding hydrogens is 385 g/mol. The molecule has 1 aromatic carbocycles. The molecule has 20 heavy (non-hydrogen) atoms. The Hall–Kier alpha value is -0.590. The SMILES string of the molecule is CCCn1ncc(Cl)c1C(NCC)c1ccc(I)cc1. The van der Waals surface area contributed by atoms with Crippen LogP contribution in [0, 0.1) is 3.57 Å². The van der Waals surface area contributed by atoms with Crippen molar-refractivity contribution in [3.05, 3.63) is 50.3 Å². The van der Waals surface area contributed by atoms with Gasteiger partial charge in [-0.15, -0.1) is 0 Å². The summed E-state index contributed by atoms with van der Waals surface area (Å²) < 4.78 is 3.24. The Balaban J connectivity index is 2.42. The van der Waals surface area contributed by atoms with Crippen LogP contribution in [0.5, 0.6) is 0 Å². The molecule has 0 saturated carbocycles. The highest BCUT2D eigenvalue weighted by atomic mass is 127. The molecule has 1 heterocycles. The minimum Gasteiger partial charge on any atom is -0.305 e. The summed E-state index contributed by atoms with van der Waals surface area (Å²) in [6, 6.07) is 8.62. The summed E-state index contributed by atoms with van der Waals surface area (Å²) in [5, 5.41) is 8.63. The summed E-state index contributed by atoms with van der Waals surface area (Å²) >= 11 is 8.69. The number of benzene rings is 1. The summed E-state index contributed by atoms with van der Waals surface area (Å²) in [5.41, 5.74) is 2.27. The molecule has 2 rings (SSSR count). The van der Waals surface area contributed by atoms with E-state index >= 15 is 0 Å². The molecule has 108 valence electrons. The van der Waals surface area contributed by atoms with Crippen LogP contribution in [0.15, 0.2) is 30.5 Å². The smallest absolute Gasteiger partial charge is 0.0837 e. The number of nitrogens with zero attached hydrogens (tertiary/aromatic N) is 2. The van der Waals surface area contributed by atoms with E-state index in [-0.39, 0.29) is 6.04 Å². The highest BCUT2D eigenvalue weighted by Crippen LogP contribution is 2.29. The number of aromatic nitrogens is 2. The van der Waals surface area contributed by atoms with Gasteiger partial charge in [0.15, 0.2) is 0 Å². The zero-order valence-electron chi connectivity index (χ0n) is 11.7. The zero-order valence-corrected chi connectivity index (χ0v) is 14.6. The molecule has 0 saturated heterocycles. The summed E-state index contributed by atoms with van der Waals surface area (Å²) in [6.45, 7) is 6.01. The van der Waals surface area contributed by atoms with Crippen LogP contribution in [-0.2, 0) is 6.54 Å². The van der Waals surface area contributed by atoms with Gasteiger partial charge in [-0.3, -0.25) is 4.68 Å². The standard InChI is InChI=1S/C15H19ClIN3/c1-3-9-20-15(13(16)10-19-20)14(18-4-2)11-5-7-12(17)8-6-11/h5-8,10,14,18H,3-4,9H2,1-2H3. The van der Waals surface area contributed by atoms with Crippen molar-refractivity contribution in [3.63, 3.8) is 0 Å². The molecule has 2 aromatic rings. The number of rotatable bonds is 6. The van der Waals surface area contributed by atoms with Gasteiger partial charge in [-0.2, -0.15) is 5.10 Å². The molecule has 0 aliphatic rings. The number of hydrogen-bond donors (Lipinski definition) is 1. The Kier molecular flexibility index (Phi) is 5.86. The summed E-state index contributed by atoms with van der Waals surface area (Å²) in [5.74, 6) is 0. The van der Waals surface area contributed by atoms with Crippen molar-refractivity contribution in [2.75, 3.05) is 6.54 Å². The number of aryl methyl sites for hydroxylation is 1. The average Bonchev–Trinajstić information content (AvgIpc) is 2.79. The summed E-state index contributed by atoms with van der Waals surface area (Å²) in [4.78, 5) is 0. The molecular formula is C15H19ClIN3. The van der Waals surface area contributed by atoms with E-state index in [4.69, 9.17) is 11.6 Å². The quantitative estimate of drug-likeness (QED) is 0.731. The topological polar surface area (TPSA) is 29.9 Å². The molecule has 0 radical (unpaired) electrons. The van der Waals surface area contributed by atoms with Gasteiger partial charge in [0.2, 0.25) is 0 Å². The maximum atomic E-state index is 6.37. The van der Waals surface area contributed by atoms with Crippen LogP contribution in [0.4, 0.5) is 0 Å². The average molecular weight is 404 g/mol. The van der Waals surface area contributed by atoms with Gasteiger partial charge in [0.1, 0.15) is 0 Å². The third kappa shape index (κ3) is 3.54. The van der Waals surface area contributed by atoms with Gasteiger partial charge in [-0.25, -0.2) is 0 Å². The third-order valence-electron chi connectivity index (χ3n) is 3.15. The van der Waals surface area contributed by atoms with Crippen molar-refractivity contribution in [2.24, 2.45) is 0 Å². The Bertz CT molecular complexity index is 551. The first-order chi connectivity index (χ1) is 9.67. The van der Waals surface area contributed by atoms with Crippen LogP contribution in [-0.4, -0.2) is 16.3 Å². The predicted molar refractivity (Wildman–Crippen MR) is 92.2 cm³/mol. The summed E-state index contributed by atoms with van der Waals surface area (Å²) in [7, 11) is 0. The fourth-order valence-electron chi connectivity index (χ4n) is 2.28. The second-order valence-corrected chi connectivity index (χ2v) is 6.30. The highest BCUT2D eigenvalue weighted by Gasteiger charge is 2.21. The fraction of sp³-hybridized carbons (Fsp3) is 0.400. The van der Waals surface area contributed by atoms with Crippen molar-refractivity contribution in [2.45, 2.75) is 32.9 Å². The lowest BCUT2D eigenvalue weighted by molar-refractivity contribution is 0.520. The minimum absolute atomic E-state index is 0.0820. The lowest BCUT2D eigenvalue weighted by Gasteiger charge is -2.20. The van der Waals surface area contributed by atoms with Crippen LogP contribution < -0.4 is 5.32 Å². The molecule has 0 amide bonds. The minimum atomic E-state index is 0.0820. The number of hydrogen-bond acceptors (Lipinski definition) is 2. The van der Waals surface area contributed by atoms with Gasteiger partial charge in [-0.05, 0) is 53.3 Å². The predicted octanol–water partition coefficient (Wildman–Crippen LogP) is 4.25. The molecule has 1 atom stereocenters. The first-order valence-corrected chi connectivity index (χ1v) is 8.33. The van der Waals surface area contributed by atoms with E-state index in [1.165, 1.54) is 9.13 Å². The van der Waals surface area contributed by atoms with Gasteiger partial charge in [-0.1, -0.05) is 37.6 Å². The lowest BCUT2D eigenvalue weighted by atomic mass is 10.0. The molecule has 0 aliphatic carbocycles. The second-order valence-electron chi connectivity index (χ2n) is 4.64. The van der Waals surface area contributed by atoms with Gasteiger partial charge >= 0.3 is 0 Å². The maximum Gasteiger partial charge on any atom is 0.0837 e. The molecule has 0 spiro atoms. The fourth-order valence-corrected chi connectivity index (χ4v) is 2.89. The molecule has 1 aromatic heterocycles. The first-order valence-electron chi connectivity index (χ1n) is 6.87. The Morgan fingerprint density at radius 2 is 2.00 bits per heavy atom. The Morgan fingerprint density at radius 1 is 1.30 bits per heavy atom. The molecule has 1 N–H and O–H groups in total. The van der Waals surface area contributed by atoms with E-state index < -0.39 is 0 Å². The van der Waals surface area contributed by atoms with E-state index in [2.05, 4.69) is 71.1 Å². The Labute approximate surface area is 138 Å². The van der Waals surface area contributed by atoms with E-state index in [9.17, 15) is 0 Å². The lowest BCUT2D eigenvalue weighted by Crippen LogP contribution is -2.25. The van der Waals surface area contributed by atoms with E-state index in [1.54, 1.807) is 6.20 Å². The van der Waals surface area contributed by atoms with Crippen LogP contribution >= 0.6 is 34.2 Å². The van der Waals surface area contributed by atoms with Crippen LogP contribution in [0.1, 0.15) is 37.6 Å². The third-order valence-corrected chi connectivity index (χ3v) is 4.16. The van der Waals surface area contributed by atoms with Crippen molar-refractivity contribution in [1.29, 1.82) is 0 Å². The molecule has 3 nitrogen and oxygen atoms in total. The molecule has 0 bridgehead atoms. The molecule has 0 aliphatic heterocycles. The van der Waals surface area contributed by atoms with Gasteiger partial charge in [0.25, 0.3) is 0 Å². The van der Waals surface area contributed by atoms with Crippen molar-refractivity contribution >= 4 is 34.2 Å². The summed E-state index contributed by atoms with van der Waals surface area (Å²) in [6.07, 6.45) is 2.78. The molecule has 1 unspecified atom stereocenters. The number of halogens is 2. The van der Waals surface area contributed by atoms with Gasteiger partial charge < -0.3 is 5.32 Å². The van der Waals surface area contributed by atoms with E-state index in [0.717, 1.165) is 30.2 Å². The van der Waals surface area contributed by atoms with Crippen LogP contribution in [0.3, 0.4) is 0 Å². The van der Waals surface area contributed by atoms with Crippen LogP contribution in [0.2, 0.25) is 5.02 Å². The van der Waals surface area contributed by atoms with Gasteiger partial charge in [0, 0.05) is 10.1 Å². The zero-order chi connectivity index (χ0) is 14.5. The largest absolute Gasteiger partial charge is 0.305 e. The normalized spacial score (nSPS) is 12.6. The maximum absolute atomic E-state index is 6.37. The van der Waals surface area contributed by atoms with E-state index in [0.29, 0.717) is 0 Å².